The molecular formula is C8H10N4O. The summed E-state index contributed by atoms with van der Waals surface area (Å²) in [7, 11) is 3.55. The van der Waals surface area contributed by atoms with E-state index in [1.807, 2.05) is 13.1 Å². The van der Waals surface area contributed by atoms with Crippen molar-refractivity contribution < 1.29 is 0 Å². The standard InChI is InChI=1S/C8H10N4O/c1-9-7-6-5(12(2)11-7)3-4-10-8(6)13/h3-4H,1-2H3,(H,9,11)(H,10,13). The van der Waals surface area contributed by atoms with E-state index in [1.54, 1.807) is 17.9 Å². The van der Waals surface area contributed by atoms with Crippen molar-refractivity contribution in [1.82, 2.24) is 14.8 Å². The number of hydrogen-bond acceptors (Lipinski definition) is 3. The number of hydrogen-bond donors (Lipinski definition) is 2. The maximum atomic E-state index is 11.4. The van der Waals surface area contributed by atoms with E-state index in [9.17, 15) is 4.79 Å². The molecule has 0 unspecified atom stereocenters. The molecule has 5 heteroatoms. The van der Waals surface area contributed by atoms with Crippen LogP contribution in [0.2, 0.25) is 0 Å². The van der Waals surface area contributed by atoms with Gasteiger partial charge in [-0.2, -0.15) is 5.10 Å². The van der Waals surface area contributed by atoms with Crippen LogP contribution in [-0.2, 0) is 7.05 Å². The number of aromatic nitrogens is 3. The maximum Gasteiger partial charge on any atom is 0.261 e. The number of rotatable bonds is 1. The number of anilines is 1. The van der Waals surface area contributed by atoms with Crippen molar-refractivity contribution in [3.05, 3.63) is 22.6 Å². The van der Waals surface area contributed by atoms with Crippen molar-refractivity contribution >= 4 is 16.7 Å². The molecule has 0 radical (unpaired) electrons. The molecule has 2 N–H and O–H groups in total. The van der Waals surface area contributed by atoms with E-state index >= 15 is 0 Å². The summed E-state index contributed by atoms with van der Waals surface area (Å²) in [5.74, 6) is 0.611. The van der Waals surface area contributed by atoms with Gasteiger partial charge in [-0.3, -0.25) is 9.48 Å². The monoisotopic (exact) mass is 178 g/mol. The molecule has 0 amide bonds. The predicted octanol–water partition coefficient (Wildman–Crippen LogP) is 0.303. The fraction of sp³-hybridized carbons (Fsp3) is 0.250. The van der Waals surface area contributed by atoms with E-state index < -0.39 is 0 Å². The quantitative estimate of drug-likeness (QED) is 0.660. The normalized spacial score (nSPS) is 10.6. The lowest BCUT2D eigenvalue weighted by Crippen LogP contribution is -2.05. The molecule has 2 rings (SSSR count). The molecule has 2 heterocycles. The van der Waals surface area contributed by atoms with Gasteiger partial charge in [0.2, 0.25) is 0 Å². The van der Waals surface area contributed by atoms with Crippen LogP contribution >= 0.6 is 0 Å². The highest BCUT2D eigenvalue weighted by Gasteiger charge is 2.09. The van der Waals surface area contributed by atoms with Gasteiger partial charge >= 0.3 is 0 Å². The smallest absolute Gasteiger partial charge is 0.261 e. The Balaban J connectivity index is 2.97. The molecule has 0 bridgehead atoms. The summed E-state index contributed by atoms with van der Waals surface area (Å²) in [6.07, 6.45) is 1.62. The molecule has 2 aromatic rings. The van der Waals surface area contributed by atoms with Gasteiger partial charge < -0.3 is 10.3 Å². The van der Waals surface area contributed by atoms with Crippen LogP contribution < -0.4 is 10.9 Å². The van der Waals surface area contributed by atoms with Crippen LogP contribution in [0.15, 0.2) is 17.1 Å². The van der Waals surface area contributed by atoms with Gasteiger partial charge in [-0.15, -0.1) is 0 Å². The fourth-order valence-electron chi connectivity index (χ4n) is 1.40. The van der Waals surface area contributed by atoms with Gasteiger partial charge in [-0.05, 0) is 6.07 Å². The van der Waals surface area contributed by atoms with E-state index in [0.717, 1.165) is 5.52 Å². The van der Waals surface area contributed by atoms with Crippen LogP contribution in [0.3, 0.4) is 0 Å². The highest BCUT2D eigenvalue weighted by atomic mass is 16.1. The minimum atomic E-state index is -0.116. The summed E-state index contributed by atoms with van der Waals surface area (Å²) in [6.45, 7) is 0. The van der Waals surface area contributed by atoms with E-state index in [1.165, 1.54) is 0 Å². The van der Waals surface area contributed by atoms with Crippen molar-refractivity contribution in [3.8, 4) is 0 Å². The van der Waals surface area contributed by atoms with Crippen molar-refractivity contribution in [2.24, 2.45) is 7.05 Å². The first-order valence-electron chi connectivity index (χ1n) is 3.96. The Morgan fingerprint density at radius 2 is 2.38 bits per heavy atom. The van der Waals surface area contributed by atoms with Crippen molar-refractivity contribution in [2.75, 3.05) is 12.4 Å². The summed E-state index contributed by atoms with van der Waals surface area (Å²) in [6, 6.07) is 1.82. The Bertz CT molecular complexity index is 496. The zero-order valence-corrected chi connectivity index (χ0v) is 7.46. The molecule has 0 atom stereocenters. The number of nitrogens with one attached hydrogen (secondary N) is 2. The van der Waals surface area contributed by atoms with E-state index in [-0.39, 0.29) is 5.56 Å². The van der Waals surface area contributed by atoms with Crippen LogP contribution in [0.25, 0.3) is 10.9 Å². The summed E-state index contributed by atoms with van der Waals surface area (Å²) in [5, 5.41) is 7.64. The van der Waals surface area contributed by atoms with Gasteiger partial charge in [0.05, 0.1) is 5.52 Å². The second-order valence-electron chi connectivity index (χ2n) is 2.79. The Hall–Kier alpha value is -1.78. The molecule has 5 nitrogen and oxygen atoms in total. The molecule has 0 aromatic carbocycles. The molecular weight excluding hydrogens is 168 g/mol. The average molecular weight is 178 g/mol. The lowest BCUT2D eigenvalue weighted by molar-refractivity contribution is 0.799. The molecule has 0 aliphatic rings. The highest BCUT2D eigenvalue weighted by Crippen LogP contribution is 2.16. The van der Waals surface area contributed by atoms with Gasteiger partial charge in [0.25, 0.3) is 5.56 Å². The first kappa shape index (κ1) is 7.85. The molecule has 2 aromatic heterocycles. The van der Waals surface area contributed by atoms with Crippen LogP contribution in [0.4, 0.5) is 5.82 Å². The highest BCUT2D eigenvalue weighted by molar-refractivity contribution is 5.88. The van der Waals surface area contributed by atoms with Crippen molar-refractivity contribution in [1.29, 1.82) is 0 Å². The summed E-state index contributed by atoms with van der Waals surface area (Å²) >= 11 is 0. The van der Waals surface area contributed by atoms with E-state index in [2.05, 4.69) is 15.4 Å². The first-order valence-corrected chi connectivity index (χ1v) is 3.96. The summed E-state index contributed by atoms with van der Waals surface area (Å²) < 4.78 is 1.68. The molecule has 0 saturated heterocycles. The third-order valence-corrected chi connectivity index (χ3v) is 2.01. The molecule has 68 valence electrons. The van der Waals surface area contributed by atoms with Gasteiger partial charge in [-0.1, -0.05) is 0 Å². The fourth-order valence-corrected chi connectivity index (χ4v) is 1.40. The van der Waals surface area contributed by atoms with Gasteiger partial charge in [0.1, 0.15) is 5.39 Å². The Labute approximate surface area is 74.4 Å². The second-order valence-corrected chi connectivity index (χ2v) is 2.79. The Kier molecular flexibility index (Phi) is 1.58. The Morgan fingerprint density at radius 3 is 3.08 bits per heavy atom. The second kappa shape index (κ2) is 2.62. The Morgan fingerprint density at radius 1 is 1.62 bits per heavy atom. The molecule has 0 saturated carbocycles. The molecule has 13 heavy (non-hydrogen) atoms. The lowest BCUT2D eigenvalue weighted by Gasteiger charge is -1.91. The summed E-state index contributed by atoms with van der Waals surface area (Å²) in [4.78, 5) is 14.0. The summed E-state index contributed by atoms with van der Waals surface area (Å²) in [5.41, 5.74) is 0.711. The lowest BCUT2D eigenvalue weighted by atomic mass is 10.3. The maximum absolute atomic E-state index is 11.4. The number of aryl methyl sites for hydroxylation is 1. The zero-order chi connectivity index (χ0) is 9.42. The number of nitrogens with zero attached hydrogens (tertiary/aromatic N) is 2. The van der Waals surface area contributed by atoms with Crippen molar-refractivity contribution in [3.63, 3.8) is 0 Å². The van der Waals surface area contributed by atoms with E-state index in [0.29, 0.717) is 11.2 Å². The van der Waals surface area contributed by atoms with Crippen molar-refractivity contribution in [2.45, 2.75) is 0 Å². The third kappa shape index (κ3) is 1.00. The third-order valence-electron chi connectivity index (χ3n) is 2.01. The van der Waals surface area contributed by atoms with Crippen LogP contribution in [0.1, 0.15) is 0 Å². The average Bonchev–Trinajstić information content (AvgIpc) is 2.45. The van der Waals surface area contributed by atoms with Crippen LogP contribution in [0, 0.1) is 0 Å². The minimum Gasteiger partial charge on any atom is -0.371 e. The largest absolute Gasteiger partial charge is 0.371 e. The van der Waals surface area contributed by atoms with Gasteiger partial charge in [-0.25, -0.2) is 0 Å². The number of aromatic amines is 1. The number of pyridine rings is 1. The van der Waals surface area contributed by atoms with E-state index in [4.69, 9.17) is 0 Å². The number of H-pyrrole nitrogens is 1. The topological polar surface area (TPSA) is 62.7 Å². The molecule has 0 spiro atoms. The minimum absolute atomic E-state index is 0.116. The molecule has 0 aliphatic heterocycles. The molecule has 0 fully saturated rings. The molecule has 0 aliphatic carbocycles. The van der Waals surface area contributed by atoms with Crippen LogP contribution in [0.5, 0.6) is 0 Å². The predicted molar refractivity (Wildman–Crippen MR) is 50.9 cm³/mol. The van der Waals surface area contributed by atoms with Crippen LogP contribution in [-0.4, -0.2) is 21.8 Å². The number of fused-ring (bicyclic) bond motifs is 1. The van der Waals surface area contributed by atoms with Gasteiger partial charge in [0.15, 0.2) is 5.82 Å². The first-order chi connectivity index (χ1) is 6.24. The SMILES string of the molecule is CNc1nn(C)c2cc[nH]c(=O)c12. The van der Waals surface area contributed by atoms with Gasteiger partial charge in [0, 0.05) is 20.3 Å². The zero-order valence-electron chi connectivity index (χ0n) is 7.46.